The topological polar surface area (TPSA) is 85.0 Å². The van der Waals surface area contributed by atoms with Crippen LogP contribution in [0.25, 0.3) is 10.8 Å². The van der Waals surface area contributed by atoms with Crippen LogP contribution in [-0.4, -0.2) is 61.0 Å². The summed E-state index contributed by atoms with van der Waals surface area (Å²) >= 11 is 0. The first-order valence-electron chi connectivity index (χ1n) is 8.05. The molecule has 24 heavy (non-hydrogen) atoms. The van der Waals surface area contributed by atoms with E-state index in [0.717, 1.165) is 16.5 Å². The van der Waals surface area contributed by atoms with E-state index >= 15 is 0 Å². The third-order valence-electron chi connectivity index (χ3n) is 4.12. The van der Waals surface area contributed by atoms with Gasteiger partial charge in [0.25, 0.3) is 0 Å². The Labute approximate surface area is 140 Å². The molecule has 3 rings (SSSR count). The number of nitrogens with two attached hydrogens (primary N) is 1. The van der Waals surface area contributed by atoms with E-state index < -0.39 is 18.1 Å². The van der Waals surface area contributed by atoms with Gasteiger partial charge in [0.1, 0.15) is 24.6 Å². The van der Waals surface area contributed by atoms with Crippen molar-refractivity contribution in [1.82, 2.24) is 4.90 Å². The molecule has 6 nitrogen and oxygen atoms in total. The summed E-state index contributed by atoms with van der Waals surface area (Å²) in [5.41, 5.74) is 5.27. The summed E-state index contributed by atoms with van der Waals surface area (Å²) in [6.45, 7) is 2.10. The zero-order chi connectivity index (χ0) is 16.9. The smallest absolute Gasteiger partial charge is 0.247 e. The van der Waals surface area contributed by atoms with Crippen molar-refractivity contribution >= 4 is 16.7 Å². The molecule has 1 amide bonds. The van der Waals surface area contributed by atoms with Crippen molar-refractivity contribution in [2.24, 2.45) is 5.73 Å². The lowest BCUT2D eigenvalue weighted by molar-refractivity contribution is -0.136. The van der Waals surface area contributed by atoms with Crippen molar-refractivity contribution in [1.29, 1.82) is 0 Å². The number of amides is 1. The van der Waals surface area contributed by atoms with Gasteiger partial charge >= 0.3 is 0 Å². The number of fused-ring (bicyclic) bond motifs is 1. The van der Waals surface area contributed by atoms with E-state index in [9.17, 15) is 9.90 Å². The standard InChI is InChI=1S/C18H22N2O4/c19-18(22)17-11-20(8-9-23-17)10-14(21)12-24-16-7-3-5-13-4-1-2-6-15(13)16/h1-7,14,17,21H,8-12H2,(H2,19,22)/t14-,17-/m1/s1. The number of aliphatic hydroxyl groups is 1. The number of hydrogen-bond acceptors (Lipinski definition) is 5. The van der Waals surface area contributed by atoms with Gasteiger partial charge in [-0.1, -0.05) is 36.4 Å². The van der Waals surface area contributed by atoms with Gasteiger partial charge in [-0.2, -0.15) is 0 Å². The number of nitrogens with zero attached hydrogens (tertiary/aromatic N) is 1. The van der Waals surface area contributed by atoms with Crippen molar-refractivity contribution in [3.8, 4) is 5.75 Å². The lowest BCUT2D eigenvalue weighted by Crippen LogP contribution is -2.50. The number of carbonyl (C=O) groups excluding carboxylic acids is 1. The first kappa shape index (κ1) is 16.7. The average molecular weight is 330 g/mol. The van der Waals surface area contributed by atoms with Crippen LogP contribution in [0.5, 0.6) is 5.75 Å². The Bertz CT molecular complexity index is 701. The maximum Gasteiger partial charge on any atom is 0.247 e. The lowest BCUT2D eigenvalue weighted by Gasteiger charge is -2.32. The average Bonchev–Trinajstić information content (AvgIpc) is 2.60. The van der Waals surface area contributed by atoms with Crippen molar-refractivity contribution in [3.05, 3.63) is 42.5 Å². The molecule has 1 aliphatic rings. The van der Waals surface area contributed by atoms with Gasteiger partial charge in [-0.05, 0) is 11.5 Å². The first-order chi connectivity index (χ1) is 11.6. The number of carbonyl (C=O) groups is 1. The Morgan fingerprint density at radius 1 is 1.33 bits per heavy atom. The Hall–Kier alpha value is -2.15. The summed E-state index contributed by atoms with van der Waals surface area (Å²) < 4.78 is 11.1. The second-order valence-electron chi connectivity index (χ2n) is 5.96. The molecule has 2 atom stereocenters. The molecule has 0 unspecified atom stereocenters. The highest BCUT2D eigenvalue weighted by molar-refractivity contribution is 5.88. The Balaban J connectivity index is 1.55. The molecule has 0 saturated carbocycles. The molecule has 128 valence electrons. The van der Waals surface area contributed by atoms with Gasteiger partial charge in [0.15, 0.2) is 0 Å². The van der Waals surface area contributed by atoms with Crippen molar-refractivity contribution in [2.75, 3.05) is 32.8 Å². The maximum absolute atomic E-state index is 11.2. The number of hydrogen-bond donors (Lipinski definition) is 2. The molecule has 2 aromatic carbocycles. The molecule has 1 aliphatic heterocycles. The van der Waals surface area contributed by atoms with E-state index in [4.69, 9.17) is 15.2 Å². The van der Waals surface area contributed by atoms with E-state index in [-0.39, 0.29) is 6.61 Å². The zero-order valence-electron chi connectivity index (χ0n) is 13.4. The minimum Gasteiger partial charge on any atom is -0.490 e. The molecule has 0 aliphatic carbocycles. The largest absolute Gasteiger partial charge is 0.490 e. The van der Waals surface area contributed by atoms with Crippen LogP contribution >= 0.6 is 0 Å². The number of aliphatic hydroxyl groups excluding tert-OH is 1. The fraction of sp³-hybridized carbons (Fsp3) is 0.389. The number of β-amino-alcohol motifs (C(OH)–C–C–N with tert-alkyl or cyclic N) is 1. The van der Waals surface area contributed by atoms with Crippen LogP contribution in [0.15, 0.2) is 42.5 Å². The predicted molar refractivity (Wildman–Crippen MR) is 90.8 cm³/mol. The summed E-state index contributed by atoms with van der Waals surface area (Å²) in [5.74, 6) is 0.283. The molecule has 2 aromatic rings. The van der Waals surface area contributed by atoms with E-state index in [1.165, 1.54) is 0 Å². The molecular formula is C18H22N2O4. The molecule has 1 heterocycles. The number of rotatable bonds is 6. The second-order valence-corrected chi connectivity index (χ2v) is 5.96. The van der Waals surface area contributed by atoms with E-state index in [1.54, 1.807) is 0 Å². The minimum atomic E-state index is -0.657. The summed E-state index contributed by atoms with van der Waals surface area (Å²) in [6.07, 6.45) is -1.26. The number of ether oxygens (including phenoxy) is 2. The van der Waals surface area contributed by atoms with Crippen LogP contribution in [0.2, 0.25) is 0 Å². The zero-order valence-corrected chi connectivity index (χ0v) is 13.4. The van der Waals surface area contributed by atoms with E-state index in [1.807, 2.05) is 47.4 Å². The van der Waals surface area contributed by atoms with Crippen LogP contribution in [0.4, 0.5) is 0 Å². The highest BCUT2D eigenvalue weighted by Gasteiger charge is 2.26. The van der Waals surface area contributed by atoms with Gasteiger partial charge in [0.2, 0.25) is 5.91 Å². The molecule has 0 radical (unpaired) electrons. The number of benzene rings is 2. The van der Waals surface area contributed by atoms with Crippen molar-refractivity contribution in [2.45, 2.75) is 12.2 Å². The highest BCUT2D eigenvalue weighted by Crippen LogP contribution is 2.25. The van der Waals surface area contributed by atoms with E-state index in [0.29, 0.717) is 26.2 Å². The fourth-order valence-electron chi connectivity index (χ4n) is 2.90. The van der Waals surface area contributed by atoms with E-state index in [2.05, 4.69) is 0 Å². The predicted octanol–water partition coefficient (Wildman–Crippen LogP) is 0.766. The van der Waals surface area contributed by atoms with Crippen LogP contribution in [0, 0.1) is 0 Å². The van der Waals surface area contributed by atoms with Gasteiger partial charge in [0.05, 0.1) is 6.61 Å². The normalized spacial score (nSPS) is 20.0. The molecule has 1 fully saturated rings. The minimum absolute atomic E-state index is 0.187. The Morgan fingerprint density at radius 3 is 2.96 bits per heavy atom. The van der Waals surface area contributed by atoms with Gasteiger partial charge in [-0.15, -0.1) is 0 Å². The fourth-order valence-corrected chi connectivity index (χ4v) is 2.90. The molecule has 0 bridgehead atoms. The summed E-state index contributed by atoms with van der Waals surface area (Å²) in [5, 5.41) is 12.4. The quantitative estimate of drug-likeness (QED) is 0.817. The molecular weight excluding hydrogens is 308 g/mol. The summed E-state index contributed by atoms with van der Waals surface area (Å²) in [6, 6.07) is 13.8. The Morgan fingerprint density at radius 2 is 2.12 bits per heavy atom. The first-order valence-corrected chi connectivity index (χ1v) is 8.05. The van der Waals surface area contributed by atoms with Crippen LogP contribution < -0.4 is 10.5 Å². The van der Waals surface area contributed by atoms with Gasteiger partial charge in [-0.3, -0.25) is 9.69 Å². The summed E-state index contributed by atoms with van der Waals surface area (Å²) in [7, 11) is 0. The Kier molecular flexibility index (Phi) is 5.30. The monoisotopic (exact) mass is 330 g/mol. The SMILES string of the molecule is NC(=O)[C@H]1CN(C[C@@H](O)COc2cccc3ccccc23)CCO1. The van der Waals surface area contributed by atoms with Crippen LogP contribution in [-0.2, 0) is 9.53 Å². The van der Waals surface area contributed by atoms with Gasteiger partial charge in [-0.25, -0.2) is 0 Å². The molecule has 6 heteroatoms. The molecule has 0 spiro atoms. The molecule has 3 N–H and O–H groups in total. The highest BCUT2D eigenvalue weighted by atomic mass is 16.5. The number of primary amides is 1. The molecule has 0 aromatic heterocycles. The third-order valence-corrected chi connectivity index (χ3v) is 4.12. The third kappa shape index (κ3) is 4.03. The second kappa shape index (κ2) is 7.61. The van der Waals surface area contributed by atoms with Gasteiger partial charge in [0, 0.05) is 25.0 Å². The van der Waals surface area contributed by atoms with Crippen LogP contribution in [0.1, 0.15) is 0 Å². The number of morpholine rings is 1. The maximum atomic E-state index is 11.2. The van der Waals surface area contributed by atoms with Crippen LogP contribution in [0.3, 0.4) is 0 Å². The summed E-state index contributed by atoms with van der Waals surface area (Å²) in [4.78, 5) is 13.2. The van der Waals surface area contributed by atoms with Crippen molar-refractivity contribution < 1.29 is 19.4 Å². The van der Waals surface area contributed by atoms with Gasteiger partial charge < -0.3 is 20.3 Å². The molecule has 1 saturated heterocycles. The van der Waals surface area contributed by atoms with Crippen molar-refractivity contribution in [3.63, 3.8) is 0 Å². The lowest BCUT2D eigenvalue weighted by atomic mass is 10.1.